The molecule has 0 amide bonds. The van der Waals surface area contributed by atoms with Crippen LogP contribution in [0.15, 0.2) is 41.3 Å². The number of carbonyl (C=O) groups is 1. The number of Topliss-reactive ketones (excluding diaryl/α,β-unsaturated/α-hetero) is 1. The van der Waals surface area contributed by atoms with Crippen LogP contribution < -0.4 is 4.72 Å². The number of halogens is 1. The Bertz CT molecular complexity index is 1170. The molecule has 27 heavy (non-hydrogen) atoms. The largest absolute Gasteiger partial charge is 0.358 e. The van der Waals surface area contributed by atoms with Crippen LogP contribution in [0.3, 0.4) is 0 Å². The molecule has 4 rings (SSSR count). The van der Waals surface area contributed by atoms with Crippen molar-refractivity contribution < 1.29 is 17.6 Å². The predicted octanol–water partition coefficient (Wildman–Crippen LogP) is 4.19. The van der Waals surface area contributed by atoms with Gasteiger partial charge >= 0.3 is 0 Å². The number of hydrogen-bond acceptors (Lipinski definition) is 3. The van der Waals surface area contributed by atoms with Crippen LogP contribution in [-0.4, -0.2) is 19.2 Å². The number of aromatic amines is 1. The monoisotopic (exact) mass is 386 g/mol. The number of nitrogens with one attached hydrogen (secondary N) is 2. The molecule has 0 unspecified atom stereocenters. The van der Waals surface area contributed by atoms with Crippen molar-refractivity contribution in [2.45, 2.75) is 37.5 Å². The summed E-state index contributed by atoms with van der Waals surface area (Å²) in [5.74, 6) is -0.550. The molecule has 0 fully saturated rings. The van der Waals surface area contributed by atoms with Crippen LogP contribution in [0.25, 0.3) is 10.9 Å². The Labute approximate surface area is 156 Å². The Morgan fingerprint density at radius 3 is 2.70 bits per heavy atom. The highest BCUT2D eigenvalue weighted by Crippen LogP contribution is 2.33. The number of fused-ring (bicyclic) bond motifs is 3. The molecular weight excluding hydrogens is 367 g/mol. The second kappa shape index (κ2) is 6.49. The van der Waals surface area contributed by atoms with Gasteiger partial charge in [0.2, 0.25) is 0 Å². The lowest BCUT2D eigenvalue weighted by atomic mass is 9.94. The van der Waals surface area contributed by atoms with Gasteiger partial charge in [-0.25, -0.2) is 12.8 Å². The minimum Gasteiger partial charge on any atom is -0.358 e. The molecule has 140 valence electrons. The molecule has 0 bridgehead atoms. The number of sulfonamides is 1. The molecule has 1 aliphatic carbocycles. The van der Waals surface area contributed by atoms with E-state index in [0.717, 1.165) is 23.9 Å². The van der Waals surface area contributed by atoms with Crippen molar-refractivity contribution in [3.63, 3.8) is 0 Å². The third kappa shape index (κ3) is 3.02. The van der Waals surface area contributed by atoms with Gasteiger partial charge in [-0.05, 0) is 49.1 Å². The van der Waals surface area contributed by atoms with Gasteiger partial charge in [-0.15, -0.1) is 0 Å². The van der Waals surface area contributed by atoms with Crippen LogP contribution in [0.2, 0.25) is 0 Å². The van der Waals surface area contributed by atoms with Crippen LogP contribution in [0.4, 0.5) is 10.1 Å². The Morgan fingerprint density at radius 1 is 1.19 bits per heavy atom. The van der Waals surface area contributed by atoms with E-state index in [2.05, 4.69) is 9.71 Å². The quantitative estimate of drug-likeness (QED) is 0.706. The maximum atomic E-state index is 13.9. The molecule has 5 nitrogen and oxygen atoms in total. The number of rotatable bonds is 4. The number of benzene rings is 2. The Kier molecular flexibility index (Phi) is 4.26. The number of ketones is 1. The summed E-state index contributed by atoms with van der Waals surface area (Å²) in [6.45, 7) is 1.85. The molecular formula is C20H19FN2O3S. The van der Waals surface area contributed by atoms with E-state index in [0.29, 0.717) is 29.5 Å². The van der Waals surface area contributed by atoms with Crippen LogP contribution in [0.1, 0.15) is 41.4 Å². The zero-order valence-corrected chi connectivity index (χ0v) is 15.6. The molecule has 2 aromatic carbocycles. The molecule has 0 radical (unpaired) electrons. The van der Waals surface area contributed by atoms with Crippen LogP contribution in [-0.2, 0) is 22.9 Å². The first-order valence-electron chi connectivity index (χ1n) is 8.88. The van der Waals surface area contributed by atoms with Gasteiger partial charge < -0.3 is 4.98 Å². The number of para-hydroxylation sites is 1. The fraction of sp³-hybridized carbons (Fsp3) is 0.250. The topological polar surface area (TPSA) is 79.0 Å². The van der Waals surface area contributed by atoms with Crippen molar-refractivity contribution in [3.05, 3.63) is 59.0 Å². The standard InChI is InChI=1S/C20H19FN2O3S/c1-2-12-10-13-17(22-16-8-5-9-18(24)20(13)16)11-19(12)27(25,26)23-15-7-4-3-6-14(15)21/h3-4,6-7,10-11,22-23H,2,5,8-9H2,1H3. The van der Waals surface area contributed by atoms with Crippen molar-refractivity contribution in [2.24, 2.45) is 0 Å². The van der Waals surface area contributed by atoms with Crippen molar-refractivity contribution in [1.82, 2.24) is 4.98 Å². The minimum absolute atomic E-state index is 0.0876. The summed E-state index contributed by atoms with van der Waals surface area (Å²) in [6.07, 6.45) is 2.54. The molecule has 0 atom stereocenters. The van der Waals surface area contributed by atoms with E-state index < -0.39 is 15.8 Å². The van der Waals surface area contributed by atoms with E-state index in [1.807, 2.05) is 6.92 Å². The summed E-state index contributed by atoms with van der Waals surface area (Å²) in [5, 5.41) is 0.761. The predicted molar refractivity (Wildman–Crippen MR) is 102 cm³/mol. The van der Waals surface area contributed by atoms with Crippen LogP contribution in [0, 0.1) is 5.82 Å². The van der Waals surface area contributed by atoms with E-state index in [9.17, 15) is 17.6 Å². The van der Waals surface area contributed by atoms with E-state index in [4.69, 9.17) is 0 Å². The van der Waals surface area contributed by atoms with Crippen molar-refractivity contribution in [1.29, 1.82) is 0 Å². The van der Waals surface area contributed by atoms with Gasteiger partial charge in [-0.3, -0.25) is 9.52 Å². The number of anilines is 1. The lowest BCUT2D eigenvalue weighted by Gasteiger charge is -2.13. The molecule has 1 aliphatic rings. The van der Waals surface area contributed by atoms with Crippen LogP contribution in [0.5, 0.6) is 0 Å². The molecule has 7 heteroatoms. The first-order chi connectivity index (χ1) is 12.9. The van der Waals surface area contributed by atoms with E-state index in [1.54, 1.807) is 18.2 Å². The third-order valence-electron chi connectivity index (χ3n) is 4.96. The lowest BCUT2D eigenvalue weighted by Crippen LogP contribution is -2.16. The van der Waals surface area contributed by atoms with Gasteiger partial charge in [-0.2, -0.15) is 0 Å². The van der Waals surface area contributed by atoms with E-state index >= 15 is 0 Å². The van der Waals surface area contributed by atoms with Crippen LogP contribution >= 0.6 is 0 Å². The van der Waals surface area contributed by atoms with E-state index in [1.165, 1.54) is 18.2 Å². The Hall–Kier alpha value is -2.67. The average molecular weight is 386 g/mol. The highest BCUT2D eigenvalue weighted by atomic mass is 32.2. The van der Waals surface area contributed by atoms with Gasteiger partial charge in [-0.1, -0.05) is 19.1 Å². The van der Waals surface area contributed by atoms with E-state index in [-0.39, 0.29) is 16.4 Å². The number of aryl methyl sites for hydroxylation is 2. The second-order valence-electron chi connectivity index (χ2n) is 6.70. The van der Waals surface area contributed by atoms with Crippen molar-refractivity contribution in [2.75, 3.05) is 4.72 Å². The second-order valence-corrected chi connectivity index (χ2v) is 8.35. The Balaban J connectivity index is 1.86. The summed E-state index contributed by atoms with van der Waals surface area (Å²) in [4.78, 5) is 15.6. The summed E-state index contributed by atoms with van der Waals surface area (Å²) in [7, 11) is -3.98. The first kappa shape index (κ1) is 17.7. The fourth-order valence-electron chi connectivity index (χ4n) is 3.65. The summed E-state index contributed by atoms with van der Waals surface area (Å²) < 4.78 is 42.1. The average Bonchev–Trinajstić information content (AvgIpc) is 3.01. The molecule has 0 aliphatic heterocycles. The summed E-state index contributed by atoms with van der Waals surface area (Å²) in [5.41, 5.74) is 2.64. The number of hydrogen-bond donors (Lipinski definition) is 2. The molecule has 0 saturated heterocycles. The summed E-state index contributed by atoms with van der Waals surface area (Å²) in [6, 6.07) is 8.95. The van der Waals surface area contributed by atoms with Gasteiger partial charge in [0.25, 0.3) is 10.0 Å². The van der Waals surface area contributed by atoms with Gasteiger partial charge in [0.15, 0.2) is 5.78 Å². The third-order valence-corrected chi connectivity index (χ3v) is 6.40. The maximum absolute atomic E-state index is 13.9. The smallest absolute Gasteiger partial charge is 0.262 e. The van der Waals surface area contributed by atoms with Gasteiger partial charge in [0, 0.05) is 28.6 Å². The minimum atomic E-state index is -3.98. The van der Waals surface area contributed by atoms with Gasteiger partial charge in [0.05, 0.1) is 10.6 Å². The molecule has 2 N–H and O–H groups in total. The molecule has 1 aromatic heterocycles. The van der Waals surface area contributed by atoms with Gasteiger partial charge in [0.1, 0.15) is 5.82 Å². The maximum Gasteiger partial charge on any atom is 0.262 e. The molecule has 1 heterocycles. The fourth-order valence-corrected chi connectivity index (χ4v) is 5.04. The van der Waals surface area contributed by atoms with Crippen molar-refractivity contribution >= 4 is 32.4 Å². The van der Waals surface area contributed by atoms with Crippen molar-refractivity contribution in [3.8, 4) is 0 Å². The summed E-state index contributed by atoms with van der Waals surface area (Å²) >= 11 is 0. The number of aromatic nitrogens is 1. The zero-order valence-electron chi connectivity index (χ0n) is 14.8. The normalized spacial score (nSPS) is 14.4. The molecule has 3 aromatic rings. The lowest BCUT2D eigenvalue weighted by molar-refractivity contribution is 0.0974. The Morgan fingerprint density at radius 2 is 1.96 bits per heavy atom. The zero-order chi connectivity index (χ0) is 19.2. The molecule has 0 saturated carbocycles. The number of H-pyrrole nitrogens is 1. The number of carbonyl (C=O) groups excluding carboxylic acids is 1. The SMILES string of the molecule is CCc1cc2c3c([nH]c2cc1S(=O)(=O)Nc1ccccc1F)CCCC3=O. The first-order valence-corrected chi connectivity index (χ1v) is 10.4. The highest BCUT2D eigenvalue weighted by molar-refractivity contribution is 7.92. The highest BCUT2D eigenvalue weighted by Gasteiger charge is 2.26. The molecule has 0 spiro atoms.